The molecule has 0 amide bonds. The molecule has 0 saturated heterocycles. The van der Waals surface area contributed by atoms with E-state index < -0.39 is 5.97 Å². The maximum atomic E-state index is 11.2. The largest absolute Gasteiger partial charge is 0.477 e. The van der Waals surface area contributed by atoms with Crippen molar-refractivity contribution in [2.75, 3.05) is 0 Å². The van der Waals surface area contributed by atoms with Gasteiger partial charge in [-0.05, 0) is 37.6 Å². The molecule has 0 spiro atoms. The highest BCUT2D eigenvalue weighted by Crippen LogP contribution is 2.21. The van der Waals surface area contributed by atoms with Gasteiger partial charge in [-0.3, -0.25) is 0 Å². The first-order valence-corrected chi connectivity index (χ1v) is 6.09. The Hall–Kier alpha value is -1.97. The molecule has 2 heterocycles. The molecule has 18 heavy (non-hydrogen) atoms. The van der Waals surface area contributed by atoms with Crippen LogP contribution in [0.4, 0.5) is 0 Å². The van der Waals surface area contributed by atoms with Crippen molar-refractivity contribution in [1.82, 2.24) is 4.57 Å². The van der Waals surface area contributed by atoms with Crippen LogP contribution in [0.1, 0.15) is 48.3 Å². The SMILES string of the molecule is CCC(C)n1c(Cc2ccco2)ccc1C(=O)O. The molecule has 1 unspecified atom stereocenters. The molecule has 0 bridgehead atoms. The fraction of sp³-hybridized carbons (Fsp3) is 0.357. The number of hydrogen-bond donors (Lipinski definition) is 1. The van der Waals surface area contributed by atoms with Crippen molar-refractivity contribution < 1.29 is 14.3 Å². The van der Waals surface area contributed by atoms with Gasteiger partial charge in [0.05, 0.1) is 6.26 Å². The van der Waals surface area contributed by atoms with Crippen LogP contribution in [-0.4, -0.2) is 15.6 Å². The summed E-state index contributed by atoms with van der Waals surface area (Å²) in [5, 5.41) is 9.21. The molecule has 1 atom stereocenters. The number of carboxylic acid groups (broad SMARTS) is 1. The van der Waals surface area contributed by atoms with Crippen molar-refractivity contribution in [1.29, 1.82) is 0 Å². The van der Waals surface area contributed by atoms with Gasteiger partial charge in [0.15, 0.2) is 0 Å². The Morgan fingerprint density at radius 3 is 2.78 bits per heavy atom. The minimum absolute atomic E-state index is 0.163. The first kappa shape index (κ1) is 12.5. The van der Waals surface area contributed by atoms with Crippen molar-refractivity contribution in [2.24, 2.45) is 0 Å². The van der Waals surface area contributed by atoms with Crippen molar-refractivity contribution in [3.05, 3.63) is 47.7 Å². The maximum Gasteiger partial charge on any atom is 0.352 e. The molecule has 0 aromatic carbocycles. The predicted octanol–water partition coefficient (Wildman–Crippen LogP) is 3.34. The molecule has 0 aliphatic heterocycles. The van der Waals surface area contributed by atoms with E-state index in [4.69, 9.17) is 4.42 Å². The molecule has 0 fully saturated rings. The van der Waals surface area contributed by atoms with Crippen LogP contribution in [0.25, 0.3) is 0 Å². The van der Waals surface area contributed by atoms with Crippen LogP contribution in [0.15, 0.2) is 34.9 Å². The fourth-order valence-electron chi connectivity index (χ4n) is 2.10. The second kappa shape index (κ2) is 5.12. The van der Waals surface area contributed by atoms with E-state index in [-0.39, 0.29) is 6.04 Å². The Morgan fingerprint density at radius 1 is 1.44 bits per heavy atom. The molecule has 4 nitrogen and oxygen atoms in total. The summed E-state index contributed by atoms with van der Waals surface area (Å²) in [5.41, 5.74) is 1.31. The van der Waals surface area contributed by atoms with Gasteiger partial charge >= 0.3 is 5.97 Å². The Labute approximate surface area is 106 Å². The standard InChI is InChI=1S/C14H17NO3/c1-3-10(2)15-11(6-7-13(15)14(16)17)9-12-5-4-8-18-12/h4-8,10H,3,9H2,1-2H3,(H,16,17). The van der Waals surface area contributed by atoms with Gasteiger partial charge in [0.2, 0.25) is 0 Å². The van der Waals surface area contributed by atoms with E-state index in [1.165, 1.54) is 0 Å². The quantitative estimate of drug-likeness (QED) is 0.881. The van der Waals surface area contributed by atoms with Crippen LogP contribution in [0.2, 0.25) is 0 Å². The Bertz CT molecular complexity index is 525. The van der Waals surface area contributed by atoms with E-state index in [9.17, 15) is 9.90 Å². The summed E-state index contributed by atoms with van der Waals surface area (Å²) in [7, 11) is 0. The highest BCUT2D eigenvalue weighted by atomic mass is 16.4. The minimum Gasteiger partial charge on any atom is -0.477 e. The lowest BCUT2D eigenvalue weighted by Gasteiger charge is -2.17. The molecule has 0 radical (unpaired) electrons. The second-order valence-corrected chi connectivity index (χ2v) is 4.40. The zero-order valence-corrected chi connectivity index (χ0v) is 10.6. The Balaban J connectivity index is 2.38. The van der Waals surface area contributed by atoms with Crippen molar-refractivity contribution in [2.45, 2.75) is 32.7 Å². The smallest absolute Gasteiger partial charge is 0.352 e. The summed E-state index contributed by atoms with van der Waals surface area (Å²) in [4.78, 5) is 11.2. The van der Waals surface area contributed by atoms with Crippen LogP contribution in [-0.2, 0) is 6.42 Å². The lowest BCUT2D eigenvalue weighted by atomic mass is 10.2. The van der Waals surface area contributed by atoms with Gasteiger partial charge in [-0.2, -0.15) is 0 Å². The zero-order valence-electron chi connectivity index (χ0n) is 10.6. The number of hydrogen-bond acceptors (Lipinski definition) is 2. The fourth-order valence-corrected chi connectivity index (χ4v) is 2.10. The molecule has 2 rings (SSSR count). The van der Waals surface area contributed by atoms with E-state index in [0.29, 0.717) is 12.1 Å². The molecule has 0 saturated carbocycles. The number of rotatable bonds is 5. The van der Waals surface area contributed by atoms with Crippen molar-refractivity contribution in [3.63, 3.8) is 0 Å². The normalized spacial score (nSPS) is 12.6. The first-order chi connectivity index (χ1) is 8.63. The Morgan fingerprint density at radius 2 is 2.22 bits per heavy atom. The monoisotopic (exact) mass is 247 g/mol. The lowest BCUT2D eigenvalue weighted by Crippen LogP contribution is -2.15. The Kier molecular flexibility index (Phi) is 3.55. The van der Waals surface area contributed by atoms with Crippen molar-refractivity contribution >= 4 is 5.97 Å². The van der Waals surface area contributed by atoms with Gasteiger partial charge in [-0.1, -0.05) is 6.92 Å². The van der Waals surface area contributed by atoms with E-state index in [2.05, 4.69) is 0 Å². The third-order valence-corrected chi connectivity index (χ3v) is 3.19. The van der Waals surface area contributed by atoms with E-state index in [1.807, 2.05) is 36.6 Å². The molecule has 96 valence electrons. The molecular formula is C14H17NO3. The molecule has 2 aromatic rings. The van der Waals surface area contributed by atoms with Gasteiger partial charge in [0, 0.05) is 18.2 Å². The highest BCUT2D eigenvalue weighted by molar-refractivity contribution is 5.86. The highest BCUT2D eigenvalue weighted by Gasteiger charge is 2.18. The summed E-state index contributed by atoms with van der Waals surface area (Å²) in [5.74, 6) is -0.0458. The third-order valence-electron chi connectivity index (χ3n) is 3.19. The van der Waals surface area contributed by atoms with Crippen molar-refractivity contribution in [3.8, 4) is 0 Å². The number of carbonyl (C=O) groups is 1. The van der Waals surface area contributed by atoms with Crippen LogP contribution >= 0.6 is 0 Å². The second-order valence-electron chi connectivity index (χ2n) is 4.40. The van der Waals surface area contributed by atoms with Crippen LogP contribution in [0.5, 0.6) is 0 Å². The summed E-state index contributed by atoms with van der Waals surface area (Å²) < 4.78 is 7.19. The molecule has 2 aromatic heterocycles. The van der Waals surface area contributed by atoms with Gasteiger partial charge in [0.25, 0.3) is 0 Å². The molecule has 0 aliphatic rings. The number of carboxylic acids is 1. The van der Waals surface area contributed by atoms with Crippen LogP contribution in [0.3, 0.4) is 0 Å². The minimum atomic E-state index is -0.888. The molecule has 4 heteroatoms. The number of nitrogens with zero attached hydrogens (tertiary/aromatic N) is 1. The van der Waals surface area contributed by atoms with Gasteiger partial charge in [-0.25, -0.2) is 4.79 Å². The van der Waals surface area contributed by atoms with Gasteiger partial charge in [-0.15, -0.1) is 0 Å². The predicted molar refractivity (Wildman–Crippen MR) is 67.9 cm³/mol. The van der Waals surface area contributed by atoms with Crippen LogP contribution < -0.4 is 0 Å². The first-order valence-electron chi connectivity index (χ1n) is 6.09. The molecule has 0 aliphatic carbocycles. The summed E-state index contributed by atoms with van der Waals surface area (Å²) in [6.45, 7) is 4.07. The summed E-state index contributed by atoms with van der Waals surface area (Å²) in [6.07, 6.45) is 3.13. The van der Waals surface area contributed by atoms with Gasteiger partial charge in [0.1, 0.15) is 11.5 Å². The third kappa shape index (κ3) is 2.32. The lowest BCUT2D eigenvalue weighted by molar-refractivity contribution is 0.0682. The van der Waals surface area contributed by atoms with Gasteiger partial charge < -0.3 is 14.1 Å². The average molecular weight is 247 g/mol. The average Bonchev–Trinajstić information content (AvgIpc) is 2.97. The topological polar surface area (TPSA) is 55.4 Å². The zero-order chi connectivity index (χ0) is 13.1. The maximum absolute atomic E-state index is 11.2. The summed E-state index contributed by atoms with van der Waals surface area (Å²) in [6, 6.07) is 7.42. The number of furan rings is 1. The van der Waals surface area contributed by atoms with E-state index in [0.717, 1.165) is 17.9 Å². The van der Waals surface area contributed by atoms with E-state index in [1.54, 1.807) is 12.3 Å². The van der Waals surface area contributed by atoms with E-state index >= 15 is 0 Å². The number of aromatic nitrogens is 1. The summed E-state index contributed by atoms with van der Waals surface area (Å²) >= 11 is 0. The number of aromatic carboxylic acids is 1. The van der Waals surface area contributed by atoms with Crippen LogP contribution in [0, 0.1) is 0 Å². The molecule has 1 N–H and O–H groups in total. The molecular weight excluding hydrogens is 230 g/mol.